The third-order valence-electron chi connectivity index (χ3n) is 4.29. The molecular weight excluding hydrogens is 277 g/mol. The Bertz CT molecular complexity index is 405. The second-order valence-corrected chi connectivity index (χ2v) is 5.83. The van der Waals surface area contributed by atoms with E-state index in [4.69, 9.17) is 11.5 Å². The molecule has 1 saturated carbocycles. The molecule has 0 bridgehead atoms. The van der Waals surface area contributed by atoms with Crippen molar-refractivity contribution in [1.82, 2.24) is 0 Å². The van der Waals surface area contributed by atoms with Gasteiger partial charge in [-0.25, -0.2) is 0 Å². The van der Waals surface area contributed by atoms with Crippen LogP contribution in [0, 0.1) is 11.8 Å². The Balaban J connectivity index is 0.000000219. The van der Waals surface area contributed by atoms with Crippen LogP contribution in [0.3, 0.4) is 0 Å². The first-order valence-corrected chi connectivity index (χ1v) is 7.37. The fourth-order valence-electron chi connectivity index (χ4n) is 2.45. The molecule has 2 rings (SSSR count). The zero-order chi connectivity index (χ0) is 16.0. The monoisotopic (exact) mass is 302 g/mol. The molecule has 3 unspecified atom stereocenters. The fraction of sp³-hybridized carbons (Fsp3) is 0.625. The summed E-state index contributed by atoms with van der Waals surface area (Å²) < 4.78 is 36.0. The van der Waals surface area contributed by atoms with Crippen LogP contribution in [0.5, 0.6) is 0 Å². The van der Waals surface area contributed by atoms with E-state index in [1.54, 1.807) is 0 Å². The normalized spacial score (nSPS) is 26.0. The van der Waals surface area contributed by atoms with Gasteiger partial charge >= 0.3 is 6.18 Å². The first-order valence-electron chi connectivity index (χ1n) is 7.37. The van der Waals surface area contributed by atoms with Crippen molar-refractivity contribution in [2.75, 3.05) is 0 Å². The number of hydrogen-bond acceptors (Lipinski definition) is 2. The largest absolute Gasteiger partial charge is 0.416 e. The summed E-state index contributed by atoms with van der Waals surface area (Å²) in [5.41, 5.74) is 11.2. The van der Waals surface area contributed by atoms with Crippen LogP contribution in [0.25, 0.3) is 0 Å². The van der Waals surface area contributed by atoms with E-state index in [0.717, 1.165) is 24.0 Å². The molecule has 0 aliphatic heterocycles. The molecule has 1 aliphatic rings. The van der Waals surface area contributed by atoms with E-state index in [1.807, 2.05) is 0 Å². The highest BCUT2D eigenvalue weighted by Crippen LogP contribution is 2.29. The molecule has 1 aromatic rings. The summed E-state index contributed by atoms with van der Waals surface area (Å²) in [6.45, 7) is 4.84. The molecule has 0 aromatic heterocycles. The number of benzene rings is 1. The van der Waals surface area contributed by atoms with E-state index in [-0.39, 0.29) is 6.54 Å². The second-order valence-electron chi connectivity index (χ2n) is 5.83. The molecule has 5 heteroatoms. The van der Waals surface area contributed by atoms with Gasteiger partial charge in [0.05, 0.1) is 5.56 Å². The maximum atomic E-state index is 12.0. The Morgan fingerprint density at radius 1 is 1.10 bits per heavy atom. The van der Waals surface area contributed by atoms with Gasteiger partial charge in [0.25, 0.3) is 0 Å². The lowest BCUT2D eigenvalue weighted by atomic mass is 9.78. The number of hydrogen-bond donors (Lipinski definition) is 2. The van der Waals surface area contributed by atoms with Gasteiger partial charge < -0.3 is 11.5 Å². The average Bonchev–Trinajstić information content (AvgIpc) is 2.44. The number of rotatable bonds is 1. The van der Waals surface area contributed by atoms with Gasteiger partial charge in [-0.15, -0.1) is 0 Å². The number of nitrogens with two attached hydrogens (primary N) is 2. The van der Waals surface area contributed by atoms with Gasteiger partial charge in [-0.3, -0.25) is 0 Å². The van der Waals surface area contributed by atoms with Crippen molar-refractivity contribution in [2.45, 2.75) is 51.9 Å². The van der Waals surface area contributed by atoms with Crippen molar-refractivity contribution in [3.05, 3.63) is 35.4 Å². The third kappa shape index (κ3) is 5.67. The zero-order valence-corrected chi connectivity index (χ0v) is 12.7. The SMILES string of the molecule is CC1CCCC(N)C1C.NCc1ccc(C(F)(F)F)cc1. The van der Waals surface area contributed by atoms with Crippen LogP contribution in [0.4, 0.5) is 13.2 Å². The van der Waals surface area contributed by atoms with E-state index < -0.39 is 11.7 Å². The van der Waals surface area contributed by atoms with Gasteiger partial charge in [0, 0.05) is 12.6 Å². The minimum absolute atomic E-state index is 0.262. The van der Waals surface area contributed by atoms with Crippen molar-refractivity contribution in [3.8, 4) is 0 Å². The van der Waals surface area contributed by atoms with Crippen LogP contribution in [-0.2, 0) is 12.7 Å². The van der Waals surface area contributed by atoms with Crippen LogP contribution in [0.2, 0.25) is 0 Å². The molecule has 3 atom stereocenters. The summed E-state index contributed by atoms with van der Waals surface area (Å²) in [6.07, 6.45) is -0.291. The van der Waals surface area contributed by atoms with E-state index in [9.17, 15) is 13.2 Å². The van der Waals surface area contributed by atoms with Crippen LogP contribution in [0.1, 0.15) is 44.2 Å². The second kappa shape index (κ2) is 7.80. The van der Waals surface area contributed by atoms with Gasteiger partial charge in [-0.2, -0.15) is 13.2 Å². The predicted molar refractivity (Wildman–Crippen MR) is 79.5 cm³/mol. The summed E-state index contributed by atoms with van der Waals surface area (Å²) >= 11 is 0. The highest BCUT2D eigenvalue weighted by Gasteiger charge is 2.29. The van der Waals surface area contributed by atoms with Gasteiger partial charge in [-0.05, 0) is 36.0 Å². The smallest absolute Gasteiger partial charge is 0.327 e. The highest BCUT2D eigenvalue weighted by molar-refractivity contribution is 5.24. The Labute approximate surface area is 124 Å². The molecule has 0 amide bonds. The molecule has 0 saturated heterocycles. The van der Waals surface area contributed by atoms with E-state index in [0.29, 0.717) is 11.6 Å². The molecular formula is C16H25F3N2. The lowest BCUT2D eigenvalue weighted by Gasteiger charge is -2.31. The van der Waals surface area contributed by atoms with Gasteiger partial charge in [-0.1, -0.05) is 38.8 Å². The van der Waals surface area contributed by atoms with Crippen molar-refractivity contribution in [2.24, 2.45) is 23.3 Å². The first kappa shape index (κ1) is 18.0. The molecule has 0 spiro atoms. The van der Waals surface area contributed by atoms with Gasteiger partial charge in [0.1, 0.15) is 0 Å². The topological polar surface area (TPSA) is 52.0 Å². The van der Waals surface area contributed by atoms with Crippen molar-refractivity contribution in [3.63, 3.8) is 0 Å². The van der Waals surface area contributed by atoms with E-state index >= 15 is 0 Å². The first-order chi connectivity index (χ1) is 9.75. The van der Waals surface area contributed by atoms with Crippen molar-refractivity contribution >= 4 is 0 Å². The highest BCUT2D eigenvalue weighted by atomic mass is 19.4. The van der Waals surface area contributed by atoms with Crippen LogP contribution in [0.15, 0.2) is 24.3 Å². The quantitative estimate of drug-likeness (QED) is 0.825. The zero-order valence-electron chi connectivity index (χ0n) is 12.7. The summed E-state index contributed by atoms with van der Waals surface area (Å²) in [6, 6.07) is 5.30. The molecule has 120 valence electrons. The molecule has 4 N–H and O–H groups in total. The van der Waals surface area contributed by atoms with Crippen LogP contribution < -0.4 is 11.5 Å². The summed E-state index contributed by atoms with van der Waals surface area (Å²) in [5.74, 6) is 1.60. The van der Waals surface area contributed by atoms with E-state index in [1.165, 1.54) is 31.4 Å². The summed E-state index contributed by atoms with van der Waals surface area (Å²) in [5, 5.41) is 0. The lowest BCUT2D eigenvalue weighted by Crippen LogP contribution is -2.35. The molecule has 1 aliphatic carbocycles. The van der Waals surface area contributed by atoms with Crippen LogP contribution in [-0.4, -0.2) is 6.04 Å². The van der Waals surface area contributed by atoms with E-state index in [2.05, 4.69) is 13.8 Å². The third-order valence-corrected chi connectivity index (χ3v) is 4.29. The average molecular weight is 302 g/mol. The minimum Gasteiger partial charge on any atom is -0.327 e. The number of halogens is 3. The van der Waals surface area contributed by atoms with Gasteiger partial charge in [0.15, 0.2) is 0 Å². The minimum atomic E-state index is -4.26. The maximum absolute atomic E-state index is 12.0. The fourth-order valence-corrected chi connectivity index (χ4v) is 2.45. The maximum Gasteiger partial charge on any atom is 0.416 e. The molecule has 0 radical (unpaired) electrons. The summed E-state index contributed by atoms with van der Waals surface area (Å²) in [7, 11) is 0. The lowest BCUT2D eigenvalue weighted by molar-refractivity contribution is -0.137. The molecule has 1 aromatic carbocycles. The standard InChI is InChI=1S/C8H8F3N.C8H17N/c9-8(10,11)7-3-1-6(5-12)2-4-7;1-6-4-3-5-8(9)7(6)2/h1-4H,5,12H2;6-8H,3-5,9H2,1-2H3. The van der Waals surface area contributed by atoms with Crippen LogP contribution >= 0.6 is 0 Å². The Kier molecular flexibility index (Phi) is 6.68. The van der Waals surface area contributed by atoms with Crippen molar-refractivity contribution in [1.29, 1.82) is 0 Å². The predicted octanol–water partition coefficient (Wildman–Crippen LogP) is 3.93. The number of alkyl halides is 3. The molecule has 1 fully saturated rings. The Hall–Kier alpha value is -1.07. The Morgan fingerprint density at radius 3 is 2.05 bits per heavy atom. The van der Waals surface area contributed by atoms with Crippen molar-refractivity contribution < 1.29 is 13.2 Å². The molecule has 0 heterocycles. The summed E-state index contributed by atoms with van der Waals surface area (Å²) in [4.78, 5) is 0. The van der Waals surface area contributed by atoms with Gasteiger partial charge in [0.2, 0.25) is 0 Å². The Morgan fingerprint density at radius 2 is 1.67 bits per heavy atom. The molecule has 21 heavy (non-hydrogen) atoms. The molecule has 2 nitrogen and oxygen atoms in total.